The van der Waals surface area contributed by atoms with E-state index < -0.39 is 11.7 Å². The van der Waals surface area contributed by atoms with Crippen molar-refractivity contribution >= 4 is 12.0 Å². The molecule has 0 bridgehead atoms. The maximum Gasteiger partial charge on any atom is 0.417 e. The lowest BCUT2D eigenvalue weighted by Crippen LogP contribution is -2.38. The van der Waals surface area contributed by atoms with Gasteiger partial charge in [0.15, 0.2) is 0 Å². The second-order valence-electron chi connectivity index (χ2n) is 7.61. The number of ether oxygens (including phenoxy) is 1. The quantitative estimate of drug-likeness (QED) is 0.767. The van der Waals surface area contributed by atoms with Crippen LogP contribution in [0.4, 0.5) is 4.79 Å². The Morgan fingerprint density at radius 1 is 1.07 bits per heavy atom. The number of benzene rings is 2. The van der Waals surface area contributed by atoms with Gasteiger partial charge >= 0.3 is 6.09 Å². The number of imide groups is 1. The molecule has 0 saturated carbocycles. The summed E-state index contributed by atoms with van der Waals surface area (Å²) in [7, 11) is 0. The van der Waals surface area contributed by atoms with Crippen LogP contribution in [0, 0.1) is 11.3 Å². The Kier molecular flexibility index (Phi) is 5.00. The van der Waals surface area contributed by atoms with Gasteiger partial charge < -0.3 is 4.74 Å². The topological polar surface area (TPSA) is 70.4 Å². The molecule has 27 heavy (non-hydrogen) atoms. The van der Waals surface area contributed by atoms with Gasteiger partial charge in [-0.15, -0.1) is 0 Å². The fourth-order valence-corrected chi connectivity index (χ4v) is 3.17. The van der Waals surface area contributed by atoms with E-state index in [4.69, 9.17) is 10.00 Å². The molecule has 1 aliphatic rings. The van der Waals surface area contributed by atoms with Crippen LogP contribution >= 0.6 is 0 Å². The van der Waals surface area contributed by atoms with Crippen LogP contribution in [0.2, 0.25) is 0 Å². The number of carbonyl (C=O) groups is 2. The third kappa shape index (κ3) is 4.17. The first-order chi connectivity index (χ1) is 12.8. The molecule has 2 aromatic rings. The van der Waals surface area contributed by atoms with Crippen molar-refractivity contribution < 1.29 is 14.3 Å². The summed E-state index contributed by atoms with van der Waals surface area (Å²) < 4.78 is 5.40. The highest BCUT2D eigenvalue weighted by molar-refractivity contribution is 5.94. The van der Waals surface area contributed by atoms with Crippen LogP contribution < -0.4 is 0 Å². The van der Waals surface area contributed by atoms with Crippen molar-refractivity contribution in [3.05, 3.63) is 59.7 Å². The van der Waals surface area contributed by atoms with Crippen molar-refractivity contribution in [2.45, 2.75) is 45.3 Å². The molecule has 0 N–H and O–H groups in total. The largest absolute Gasteiger partial charge is 0.443 e. The van der Waals surface area contributed by atoms with Gasteiger partial charge in [-0.25, -0.2) is 9.69 Å². The molecule has 1 saturated heterocycles. The summed E-state index contributed by atoms with van der Waals surface area (Å²) >= 11 is 0. The van der Waals surface area contributed by atoms with E-state index in [1.807, 2.05) is 36.4 Å². The summed E-state index contributed by atoms with van der Waals surface area (Å²) in [5, 5.41) is 8.90. The molecule has 0 spiro atoms. The first-order valence-electron chi connectivity index (χ1n) is 8.94. The molecule has 1 aliphatic heterocycles. The average molecular weight is 362 g/mol. The minimum absolute atomic E-state index is 0.203. The minimum Gasteiger partial charge on any atom is -0.443 e. The minimum atomic E-state index is -0.649. The molecular weight excluding hydrogens is 340 g/mol. The summed E-state index contributed by atoms with van der Waals surface area (Å²) in [6.07, 6.45) is 0.335. The standard InChI is InChI=1S/C22H22N2O3/c1-22(2,3)27-21(26)24-19(12-13-20(24)25)18-10-8-17(9-11-18)16-6-4-15(14-23)5-7-16/h4-11,19H,12-13H2,1-3H3. The normalized spacial score (nSPS) is 16.9. The van der Waals surface area contributed by atoms with Gasteiger partial charge in [-0.1, -0.05) is 36.4 Å². The number of amides is 2. The summed E-state index contributed by atoms with van der Waals surface area (Å²) in [6.45, 7) is 5.35. The van der Waals surface area contributed by atoms with Gasteiger partial charge in [-0.05, 0) is 56.0 Å². The van der Waals surface area contributed by atoms with E-state index in [9.17, 15) is 9.59 Å². The van der Waals surface area contributed by atoms with Crippen molar-refractivity contribution in [3.63, 3.8) is 0 Å². The molecule has 0 aromatic heterocycles. The molecule has 1 unspecified atom stereocenters. The van der Waals surface area contributed by atoms with Crippen LogP contribution in [0.1, 0.15) is 50.8 Å². The first-order valence-corrected chi connectivity index (χ1v) is 8.94. The Hall–Kier alpha value is -3.13. The molecule has 5 heteroatoms. The zero-order valence-corrected chi connectivity index (χ0v) is 15.7. The fourth-order valence-electron chi connectivity index (χ4n) is 3.17. The van der Waals surface area contributed by atoms with E-state index in [0.717, 1.165) is 16.7 Å². The van der Waals surface area contributed by atoms with Gasteiger partial charge in [0, 0.05) is 6.42 Å². The van der Waals surface area contributed by atoms with Gasteiger partial charge in [-0.2, -0.15) is 5.26 Å². The zero-order chi connectivity index (χ0) is 19.6. The molecule has 1 heterocycles. The van der Waals surface area contributed by atoms with E-state index in [1.54, 1.807) is 32.9 Å². The van der Waals surface area contributed by atoms with Crippen LogP contribution in [0.5, 0.6) is 0 Å². The Balaban J connectivity index is 1.81. The van der Waals surface area contributed by atoms with Crippen LogP contribution in [0.25, 0.3) is 11.1 Å². The number of rotatable bonds is 2. The van der Waals surface area contributed by atoms with Gasteiger partial charge in [0.2, 0.25) is 5.91 Å². The zero-order valence-electron chi connectivity index (χ0n) is 15.7. The smallest absolute Gasteiger partial charge is 0.417 e. The van der Waals surface area contributed by atoms with E-state index >= 15 is 0 Å². The van der Waals surface area contributed by atoms with Gasteiger partial charge in [0.05, 0.1) is 17.7 Å². The highest BCUT2D eigenvalue weighted by atomic mass is 16.6. The number of likely N-dealkylation sites (tertiary alicyclic amines) is 1. The lowest BCUT2D eigenvalue weighted by molar-refractivity contribution is -0.128. The van der Waals surface area contributed by atoms with Crippen LogP contribution in [-0.2, 0) is 9.53 Å². The molecule has 1 atom stereocenters. The number of hydrogen-bond acceptors (Lipinski definition) is 4. The van der Waals surface area contributed by atoms with Crippen molar-refractivity contribution in [1.82, 2.24) is 4.90 Å². The Labute approximate surface area is 159 Å². The fraction of sp³-hybridized carbons (Fsp3) is 0.318. The highest BCUT2D eigenvalue weighted by Crippen LogP contribution is 2.35. The van der Waals surface area contributed by atoms with Crippen LogP contribution in [-0.4, -0.2) is 22.5 Å². The maximum atomic E-state index is 12.5. The highest BCUT2D eigenvalue weighted by Gasteiger charge is 2.39. The summed E-state index contributed by atoms with van der Waals surface area (Å²) in [6, 6.07) is 17.0. The maximum absolute atomic E-state index is 12.5. The number of hydrogen-bond donors (Lipinski definition) is 0. The second kappa shape index (κ2) is 7.24. The SMILES string of the molecule is CC(C)(C)OC(=O)N1C(=O)CCC1c1ccc(-c2ccc(C#N)cc2)cc1. The predicted molar refractivity (Wildman–Crippen MR) is 102 cm³/mol. The van der Waals surface area contributed by atoms with Gasteiger partial charge in [0.25, 0.3) is 0 Å². The lowest BCUT2D eigenvalue weighted by Gasteiger charge is -2.27. The molecule has 0 aliphatic carbocycles. The third-order valence-corrected chi connectivity index (χ3v) is 4.44. The molecule has 138 valence electrons. The monoisotopic (exact) mass is 362 g/mol. The third-order valence-electron chi connectivity index (χ3n) is 4.44. The van der Waals surface area contributed by atoms with Crippen molar-refractivity contribution in [3.8, 4) is 17.2 Å². The van der Waals surface area contributed by atoms with E-state index in [1.165, 1.54) is 4.90 Å². The van der Waals surface area contributed by atoms with Crippen molar-refractivity contribution in [1.29, 1.82) is 5.26 Å². The van der Waals surface area contributed by atoms with Gasteiger partial charge in [0.1, 0.15) is 5.60 Å². The predicted octanol–water partition coefficient (Wildman–Crippen LogP) is 4.82. The first kappa shape index (κ1) is 18.7. The molecular formula is C22H22N2O3. The number of nitrogens with zero attached hydrogens (tertiary/aromatic N) is 2. The summed E-state index contributed by atoms with van der Waals surface area (Å²) in [5.41, 5.74) is 2.89. The average Bonchev–Trinajstić information content (AvgIpc) is 3.02. The van der Waals surface area contributed by atoms with Crippen molar-refractivity contribution in [2.24, 2.45) is 0 Å². The Bertz CT molecular complexity index is 887. The van der Waals surface area contributed by atoms with E-state index in [2.05, 4.69) is 6.07 Å². The van der Waals surface area contributed by atoms with Crippen LogP contribution in [0.3, 0.4) is 0 Å². The molecule has 3 rings (SSSR count). The van der Waals surface area contributed by atoms with Crippen LogP contribution in [0.15, 0.2) is 48.5 Å². The molecule has 5 nitrogen and oxygen atoms in total. The lowest BCUT2D eigenvalue weighted by atomic mass is 9.99. The second-order valence-corrected chi connectivity index (χ2v) is 7.61. The van der Waals surface area contributed by atoms with E-state index in [-0.39, 0.29) is 11.9 Å². The molecule has 2 aromatic carbocycles. The Morgan fingerprint density at radius 2 is 1.63 bits per heavy atom. The number of carbonyl (C=O) groups excluding carboxylic acids is 2. The Morgan fingerprint density at radius 3 is 2.15 bits per heavy atom. The summed E-state index contributed by atoms with van der Waals surface area (Å²) in [4.78, 5) is 25.9. The molecule has 2 amide bonds. The van der Waals surface area contributed by atoms with Crippen molar-refractivity contribution in [2.75, 3.05) is 0 Å². The van der Waals surface area contributed by atoms with E-state index in [0.29, 0.717) is 18.4 Å². The number of nitriles is 1. The molecule has 1 fully saturated rings. The summed E-state index contributed by atoms with van der Waals surface area (Å²) in [5.74, 6) is -0.203. The molecule has 0 radical (unpaired) electrons. The van der Waals surface area contributed by atoms with Gasteiger partial charge in [-0.3, -0.25) is 4.79 Å².